The van der Waals surface area contributed by atoms with Gasteiger partial charge in [0.15, 0.2) is 0 Å². The Labute approximate surface area is 179 Å². The molecule has 1 aromatic heterocycles. The van der Waals surface area contributed by atoms with E-state index in [9.17, 15) is 0 Å². The Kier molecular flexibility index (Phi) is 8.32. The molecule has 4 rings (SSSR count). The zero-order valence-corrected chi connectivity index (χ0v) is 18.0. The van der Waals surface area contributed by atoms with Gasteiger partial charge in [-0.2, -0.15) is 0 Å². The number of aromatic nitrogens is 2. The lowest BCUT2D eigenvalue weighted by molar-refractivity contribution is 0.197. The number of likely N-dealkylation sites (tertiary alicyclic amines) is 1. The van der Waals surface area contributed by atoms with Gasteiger partial charge in [-0.1, -0.05) is 36.4 Å². The summed E-state index contributed by atoms with van der Waals surface area (Å²) in [6, 6.07) is 15.2. The van der Waals surface area contributed by atoms with Crippen molar-refractivity contribution in [1.82, 2.24) is 14.9 Å². The fourth-order valence-corrected chi connectivity index (χ4v) is 4.12. The molecule has 3 N–H and O–H groups in total. The van der Waals surface area contributed by atoms with Gasteiger partial charge >= 0.3 is 0 Å². The van der Waals surface area contributed by atoms with Crippen LogP contribution in [0.15, 0.2) is 42.5 Å². The molecule has 0 saturated carbocycles. The van der Waals surface area contributed by atoms with E-state index in [1.165, 1.54) is 29.5 Å². The summed E-state index contributed by atoms with van der Waals surface area (Å²) in [5, 5.41) is 0. The Morgan fingerprint density at radius 3 is 2.71 bits per heavy atom. The van der Waals surface area contributed by atoms with Gasteiger partial charge in [0.2, 0.25) is 0 Å². The molecule has 0 amide bonds. The second-order valence-electron chi connectivity index (χ2n) is 7.53. The first-order valence-electron chi connectivity index (χ1n) is 9.68. The summed E-state index contributed by atoms with van der Waals surface area (Å²) >= 11 is 0. The molecule has 1 saturated heterocycles. The fourth-order valence-electron chi connectivity index (χ4n) is 4.12. The zero-order chi connectivity index (χ0) is 17.9. The number of para-hydroxylation sites is 1. The quantitative estimate of drug-likeness (QED) is 0.633. The van der Waals surface area contributed by atoms with E-state index in [0.717, 1.165) is 42.9 Å². The third-order valence-electron chi connectivity index (χ3n) is 5.46. The number of nitrogens with one attached hydrogen (secondary N) is 1. The molecule has 1 unspecified atom stereocenters. The third-order valence-corrected chi connectivity index (χ3v) is 5.46. The number of hydrogen-bond acceptors (Lipinski definition) is 3. The van der Waals surface area contributed by atoms with Gasteiger partial charge in [0.1, 0.15) is 5.82 Å². The molecular weight excluding hydrogens is 391 g/mol. The minimum absolute atomic E-state index is 0. The number of fused-ring (bicyclic) bond motifs is 1. The monoisotopic (exact) mass is 420 g/mol. The summed E-state index contributed by atoms with van der Waals surface area (Å²) < 4.78 is 0. The van der Waals surface area contributed by atoms with E-state index in [4.69, 9.17) is 10.7 Å². The predicted octanol–water partition coefficient (Wildman–Crippen LogP) is 4.60. The average Bonchev–Trinajstić information content (AvgIpc) is 3.08. The van der Waals surface area contributed by atoms with Crippen molar-refractivity contribution in [2.24, 2.45) is 5.73 Å². The highest BCUT2D eigenvalue weighted by Crippen LogP contribution is 2.28. The third kappa shape index (κ3) is 5.06. The van der Waals surface area contributed by atoms with Crippen LogP contribution in [-0.2, 0) is 13.0 Å². The number of imidazole rings is 1. The van der Waals surface area contributed by atoms with E-state index in [2.05, 4.69) is 59.3 Å². The SMILES string of the molecule is Cc1cccc2[nH]c(C3CCCN(Cc4cccc(CCN)c4)C3)nc12.Cl.Cl. The highest BCUT2D eigenvalue weighted by Gasteiger charge is 2.24. The lowest BCUT2D eigenvalue weighted by Crippen LogP contribution is -2.34. The number of benzene rings is 2. The van der Waals surface area contributed by atoms with Gasteiger partial charge in [-0.25, -0.2) is 4.98 Å². The van der Waals surface area contributed by atoms with Crippen LogP contribution in [0.5, 0.6) is 0 Å². The van der Waals surface area contributed by atoms with Gasteiger partial charge in [0, 0.05) is 19.0 Å². The van der Waals surface area contributed by atoms with Crippen molar-refractivity contribution in [3.05, 3.63) is 65.0 Å². The summed E-state index contributed by atoms with van der Waals surface area (Å²) in [7, 11) is 0. The number of piperidine rings is 1. The molecule has 152 valence electrons. The van der Waals surface area contributed by atoms with E-state index in [1.54, 1.807) is 0 Å². The van der Waals surface area contributed by atoms with Gasteiger partial charge < -0.3 is 10.7 Å². The Hall–Kier alpha value is -1.59. The van der Waals surface area contributed by atoms with Gasteiger partial charge in [0.05, 0.1) is 11.0 Å². The fraction of sp³-hybridized carbons (Fsp3) is 0.409. The van der Waals surface area contributed by atoms with E-state index in [-0.39, 0.29) is 24.8 Å². The highest BCUT2D eigenvalue weighted by molar-refractivity contribution is 5.85. The van der Waals surface area contributed by atoms with Crippen LogP contribution in [0.1, 0.15) is 41.3 Å². The Morgan fingerprint density at radius 2 is 1.93 bits per heavy atom. The molecule has 1 fully saturated rings. The van der Waals surface area contributed by atoms with Crippen molar-refractivity contribution in [1.29, 1.82) is 0 Å². The number of hydrogen-bond donors (Lipinski definition) is 2. The number of halogens is 2. The van der Waals surface area contributed by atoms with Gasteiger partial charge in [0.25, 0.3) is 0 Å². The van der Waals surface area contributed by atoms with Crippen molar-refractivity contribution < 1.29 is 0 Å². The number of rotatable bonds is 5. The van der Waals surface area contributed by atoms with Gasteiger partial charge in [-0.05, 0) is 62.0 Å². The molecule has 0 spiro atoms. The summed E-state index contributed by atoms with van der Waals surface area (Å²) in [6.45, 7) is 6.08. The number of aryl methyl sites for hydroxylation is 1. The van der Waals surface area contributed by atoms with Crippen LogP contribution in [0.3, 0.4) is 0 Å². The van der Waals surface area contributed by atoms with Crippen molar-refractivity contribution in [3.63, 3.8) is 0 Å². The number of aromatic amines is 1. The highest BCUT2D eigenvalue weighted by atomic mass is 35.5. The lowest BCUT2D eigenvalue weighted by Gasteiger charge is -2.31. The Balaban J connectivity index is 0.00000140. The summed E-state index contributed by atoms with van der Waals surface area (Å²) in [5.41, 5.74) is 11.9. The number of H-pyrrole nitrogens is 1. The number of nitrogens with zero attached hydrogens (tertiary/aromatic N) is 2. The zero-order valence-electron chi connectivity index (χ0n) is 16.4. The molecule has 0 aliphatic carbocycles. The minimum Gasteiger partial charge on any atom is -0.342 e. The summed E-state index contributed by atoms with van der Waals surface area (Å²) in [4.78, 5) is 11.0. The maximum absolute atomic E-state index is 5.70. The number of nitrogens with two attached hydrogens (primary N) is 1. The molecule has 1 atom stereocenters. The van der Waals surface area contributed by atoms with Crippen molar-refractivity contribution >= 4 is 35.8 Å². The first-order valence-corrected chi connectivity index (χ1v) is 9.68. The van der Waals surface area contributed by atoms with Crippen LogP contribution >= 0.6 is 24.8 Å². The molecule has 6 heteroatoms. The smallest absolute Gasteiger partial charge is 0.111 e. The molecule has 0 bridgehead atoms. The standard InChI is InChI=1S/C22H28N4.2ClH/c1-16-5-2-9-20-21(16)25-22(24-20)19-8-4-12-26(15-19)14-18-7-3-6-17(13-18)10-11-23;;/h2-3,5-7,9,13,19H,4,8,10-12,14-15,23H2,1H3,(H,24,25);2*1H. The van der Waals surface area contributed by atoms with Gasteiger partial charge in [-0.15, -0.1) is 24.8 Å². The van der Waals surface area contributed by atoms with E-state index < -0.39 is 0 Å². The molecule has 0 radical (unpaired) electrons. The maximum atomic E-state index is 5.70. The molecule has 2 heterocycles. The molecule has 1 aliphatic heterocycles. The summed E-state index contributed by atoms with van der Waals surface area (Å²) in [5.74, 6) is 1.64. The normalized spacial score (nSPS) is 17.1. The first-order chi connectivity index (χ1) is 12.7. The van der Waals surface area contributed by atoms with Crippen LogP contribution in [0.4, 0.5) is 0 Å². The molecule has 3 aromatic rings. The maximum Gasteiger partial charge on any atom is 0.111 e. The Morgan fingerprint density at radius 1 is 1.14 bits per heavy atom. The van der Waals surface area contributed by atoms with Crippen LogP contribution in [0.2, 0.25) is 0 Å². The minimum atomic E-state index is 0. The van der Waals surface area contributed by atoms with Crippen LogP contribution in [-0.4, -0.2) is 34.5 Å². The van der Waals surface area contributed by atoms with E-state index in [0.29, 0.717) is 12.5 Å². The molecule has 4 nitrogen and oxygen atoms in total. The first kappa shape index (κ1) is 22.7. The average molecular weight is 421 g/mol. The van der Waals surface area contributed by atoms with E-state index in [1.807, 2.05) is 0 Å². The summed E-state index contributed by atoms with van der Waals surface area (Å²) in [6.07, 6.45) is 3.39. The molecule has 2 aromatic carbocycles. The van der Waals surface area contributed by atoms with Gasteiger partial charge in [-0.3, -0.25) is 4.90 Å². The van der Waals surface area contributed by atoms with E-state index >= 15 is 0 Å². The van der Waals surface area contributed by atoms with Crippen LogP contribution in [0.25, 0.3) is 11.0 Å². The Bertz CT molecular complexity index is 893. The largest absolute Gasteiger partial charge is 0.342 e. The second-order valence-corrected chi connectivity index (χ2v) is 7.53. The van der Waals surface area contributed by atoms with Crippen molar-refractivity contribution in [2.75, 3.05) is 19.6 Å². The van der Waals surface area contributed by atoms with Crippen molar-refractivity contribution in [2.45, 2.75) is 38.6 Å². The molecule has 1 aliphatic rings. The predicted molar refractivity (Wildman–Crippen MR) is 122 cm³/mol. The van der Waals surface area contributed by atoms with Crippen LogP contribution < -0.4 is 5.73 Å². The van der Waals surface area contributed by atoms with Crippen LogP contribution in [0, 0.1) is 6.92 Å². The van der Waals surface area contributed by atoms with Crippen molar-refractivity contribution in [3.8, 4) is 0 Å². The molecule has 28 heavy (non-hydrogen) atoms. The second kappa shape index (κ2) is 10.3. The topological polar surface area (TPSA) is 57.9 Å². The lowest BCUT2D eigenvalue weighted by atomic mass is 9.96. The molecular formula is C22H30Cl2N4.